The molecule has 9 heteroatoms. The van der Waals surface area contributed by atoms with E-state index in [0.717, 1.165) is 13.1 Å². The molecular weight excluding hydrogens is 402 g/mol. The number of aliphatic imine (C=N–C) groups is 1. The van der Waals surface area contributed by atoms with E-state index < -0.39 is 5.92 Å². The number of hydrogen-bond donors (Lipinski definition) is 1. The highest BCUT2D eigenvalue weighted by Crippen LogP contribution is 2.19. The summed E-state index contributed by atoms with van der Waals surface area (Å²) in [6, 6.07) is 10.2. The van der Waals surface area contributed by atoms with E-state index in [1.807, 2.05) is 23.1 Å². The fourth-order valence-electron chi connectivity index (χ4n) is 3.34. The van der Waals surface area contributed by atoms with Gasteiger partial charge in [-0.25, -0.2) is 9.98 Å². The largest absolute Gasteiger partial charge is 0.368 e. The molecule has 2 aliphatic rings. The van der Waals surface area contributed by atoms with E-state index in [-0.39, 0.29) is 24.1 Å². The number of hydrogen-bond acceptors (Lipinski definition) is 6. The Balaban J connectivity index is 1.27. The number of para-hydroxylation sites is 1. The normalized spacial score (nSPS) is 18.5. The molecule has 3 amide bonds. The van der Waals surface area contributed by atoms with Crippen molar-refractivity contribution in [2.24, 2.45) is 10.9 Å². The van der Waals surface area contributed by atoms with Gasteiger partial charge < -0.3 is 15.1 Å². The van der Waals surface area contributed by atoms with E-state index in [4.69, 9.17) is 0 Å². The summed E-state index contributed by atoms with van der Waals surface area (Å²) >= 11 is 1.27. The van der Waals surface area contributed by atoms with Gasteiger partial charge in [0.15, 0.2) is 5.13 Å². The molecular formula is C21H21N5O3S. The van der Waals surface area contributed by atoms with Crippen molar-refractivity contribution in [1.82, 2.24) is 9.88 Å². The molecule has 8 nitrogen and oxygen atoms in total. The first kappa shape index (κ1) is 20.0. The third-order valence-electron chi connectivity index (χ3n) is 4.98. The Morgan fingerprint density at radius 2 is 1.90 bits per heavy atom. The summed E-state index contributed by atoms with van der Waals surface area (Å²) in [5.41, 5.74) is 1.81. The Bertz CT molecular complexity index is 977. The van der Waals surface area contributed by atoms with Crippen LogP contribution in [0.15, 0.2) is 52.9 Å². The lowest BCUT2D eigenvalue weighted by Crippen LogP contribution is -2.49. The van der Waals surface area contributed by atoms with Crippen LogP contribution in [0.3, 0.4) is 0 Å². The van der Waals surface area contributed by atoms with Gasteiger partial charge in [-0.05, 0) is 12.1 Å². The third kappa shape index (κ3) is 4.80. The quantitative estimate of drug-likeness (QED) is 0.791. The van der Waals surface area contributed by atoms with Gasteiger partial charge in [0, 0.05) is 49.5 Å². The number of nitrogens with one attached hydrogen (secondary N) is 1. The SMILES string of the molecule is O=C1C=CC(C(=O)Nc2nc(CC(=O)N3CCN(c4ccccc4)CC3)cs2)C=N1. The molecule has 30 heavy (non-hydrogen) atoms. The van der Waals surface area contributed by atoms with Gasteiger partial charge in [0.25, 0.3) is 5.91 Å². The topological polar surface area (TPSA) is 95.0 Å². The molecule has 2 aliphatic heterocycles. The molecule has 1 fully saturated rings. The van der Waals surface area contributed by atoms with Gasteiger partial charge in [-0.2, -0.15) is 0 Å². The lowest BCUT2D eigenvalue weighted by Gasteiger charge is -2.36. The predicted molar refractivity (Wildman–Crippen MR) is 116 cm³/mol. The molecule has 4 rings (SSSR count). The second kappa shape index (κ2) is 9.00. The van der Waals surface area contributed by atoms with Crippen LogP contribution in [0.25, 0.3) is 0 Å². The van der Waals surface area contributed by atoms with Crippen molar-refractivity contribution in [1.29, 1.82) is 0 Å². The zero-order chi connectivity index (χ0) is 20.9. The van der Waals surface area contributed by atoms with Gasteiger partial charge in [-0.3, -0.25) is 14.4 Å². The van der Waals surface area contributed by atoms with Crippen LogP contribution in [0.5, 0.6) is 0 Å². The van der Waals surface area contributed by atoms with Gasteiger partial charge >= 0.3 is 0 Å². The number of rotatable bonds is 5. The molecule has 1 N–H and O–H groups in total. The smallest absolute Gasteiger partial charge is 0.269 e. The lowest BCUT2D eigenvalue weighted by atomic mass is 10.1. The molecule has 0 spiro atoms. The number of piperazine rings is 1. The number of carbonyl (C=O) groups excluding carboxylic acids is 3. The number of carbonyl (C=O) groups is 3. The fourth-order valence-corrected chi connectivity index (χ4v) is 4.05. The number of amides is 3. The van der Waals surface area contributed by atoms with E-state index in [2.05, 4.69) is 32.3 Å². The van der Waals surface area contributed by atoms with Crippen molar-refractivity contribution in [3.8, 4) is 0 Å². The number of thiazole rings is 1. The average molecular weight is 423 g/mol. The average Bonchev–Trinajstić information content (AvgIpc) is 3.21. The van der Waals surface area contributed by atoms with E-state index >= 15 is 0 Å². The highest BCUT2D eigenvalue weighted by molar-refractivity contribution is 7.14. The van der Waals surface area contributed by atoms with Crippen LogP contribution in [0.4, 0.5) is 10.8 Å². The summed E-state index contributed by atoms with van der Waals surface area (Å²) in [4.78, 5) is 48.0. The third-order valence-corrected chi connectivity index (χ3v) is 5.79. The van der Waals surface area contributed by atoms with Gasteiger partial charge in [-0.15, -0.1) is 11.3 Å². The molecule has 0 saturated carbocycles. The van der Waals surface area contributed by atoms with E-state index in [9.17, 15) is 14.4 Å². The molecule has 2 aromatic rings. The van der Waals surface area contributed by atoms with Crippen LogP contribution >= 0.6 is 11.3 Å². The Labute approximate surface area is 177 Å². The molecule has 1 aromatic heterocycles. The minimum absolute atomic E-state index is 0.0340. The maximum atomic E-state index is 12.6. The summed E-state index contributed by atoms with van der Waals surface area (Å²) < 4.78 is 0. The van der Waals surface area contributed by atoms with Crippen molar-refractivity contribution >= 4 is 46.1 Å². The van der Waals surface area contributed by atoms with Crippen LogP contribution in [-0.2, 0) is 20.8 Å². The molecule has 1 aromatic carbocycles. The molecule has 1 unspecified atom stereocenters. The van der Waals surface area contributed by atoms with Crippen molar-refractivity contribution in [3.63, 3.8) is 0 Å². The minimum Gasteiger partial charge on any atom is -0.368 e. The van der Waals surface area contributed by atoms with E-state index in [0.29, 0.717) is 23.9 Å². The maximum Gasteiger partial charge on any atom is 0.269 e. The summed E-state index contributed by atoms with van der Waals surface area (Å²) in [5, 5.41) is 4.91. The second-order valence-electron chi connectivity index (χ2n) is 7.01. The number of anilines is 2. The van der Waals surface area contributed by atoms with Crippen molar-refractivity contribution in [2.75, 3.05) is 36.4 Å². The minimum atomic E-state index is -0.599. The summed E-state index contributed by atoms with van der Waals surface area (Å²) in [7, 11) is 0. The zero-order valence-electron chi connectivity index (χ0n) is 16.2. The van der Waals surface area contributed by atoms with Gasteiger partial charge in [0.1, 0.15) is 0 Å². The molecule has 1 atom stereocenters. The lowest BCUT2D eigenvalue weighted by molar-refractivity contribution is -0.130. The van der Waals surface area contributed by atoms with Crippen LogP contribution in [0, 0.1) is 5.92 Å². The molecule has 0 radical (unpaired) electrons. The van der Waals surface area contributed by atoms with Crippen LogP contribution in [0.1, 0.15) is 5.69 Å². The first-order valence-electron chi connectivity index (χ1n) is 9.68. The highest BCUT2D eigenvalue weighted by Gasteiger charge is 2.23. The monoisotopic (exact) mass is 423 g/mol. The Hall–Kier alpha value is -3.33. The highest BCUT2D eigenvalue weighted by atomic mass is 32.1. The summed E-state index contributed by atoms with van der Waals surface area (Å²) in [6.07, 6.45) is 4.29. The Morgan fingerprint density at radius 1 is 1.13 bits per heavy atom. The number of benzene rings is 1. The van der Waals surface area contributed by atoms with Crippen LogP contribution < -0.4 is 10.2 Å². The molecule has 3 heterocycles. The van der Waals surface area contributed by atoms with Gasteiger partial charge in [0.05, 0.1) is 18.0 Å². The predicted octanol–water partition coefficient (Wildman–Crippen LogP) is 1.76. The molecule has 1 saturated heterocycles. The molecule has 154 valence electrons. The van der Waals surface area contributed by atoms with E-state index in [1.54, 1.807) is 5.38 Å². The second-order valence-corrected chi connectivity index (χ2v) is 7.87. The first-order valence-corrected chi connectivity index (χ1v) is 10.6. The van der Waals surface area contributed by atoms with Crippen LogP contribution in [0.2, 0.25) is 0 Å². The van der Waals surface area contributed by atoms with Gasteiger partial charge in [-0.1, -0.05) is 24.3 Å². The van der Waals surface area contributed by atoms with Gasteiger partial charge in [0.2, 0.25) is 11.8 Å². The summed E-state index contributed by atoms with van der Waals surface area (Å²) in [5.74, 6) is -1.25. The number of nitrogens with zero attached hydrogens (tertiary/aromatic N) is 4. The summed E-state index contributed by atoms with van der Waals surface area (Å²) in [6.45, 7) is 2.95. The Kier molecular flexibility index (Phi) is 5.99. The molecule has 0 bridgehead atoms. The van der Waals surface area contributed by atoms with Crippen molar-refractivity contribution < 1.29 is 14.4 Å². The standard InChI is InChI=1S/C21H21N5O3S/c27-18-7-6-15(13-22-18)20(29)24-21-23-16(14-30-21)12-19(28)26-10-8-25(9-11-26)17-4-2-1-3-5-17/h1-7,13-15H,8-12H2,(H,23,24,29). The molecule has 0 aliphatic carbocycles. The van der Waals surface area contributed by atoms with Crippen molar-refractivity contribution in [3.05, 3.63) is 53.6 Å². The maximum absolute atomic E-state index is 12.6. The Morgan fingerprint density at radius 3 is 2.60 bits per heavy atom. The van der Waals surface area contributed by atoms with Crippen LogP contribution in [-0.4, -0.2) is 60.0 Å². The fraction of sp³-hybridized carbons (Fsp3) is 0.286. The first-order chi connectivity index (χ1) is 14.6. The van der Waals surface area contributed by atoms with Crippen molar-refractivity contribution in [2.45, 2.75) is 6.42 Å². The zero-order valence-corrected chi connectivity index (χ0v) is 17.0. The number of aromatic nitrogens is 1. The van der Waals surface area contributed by atoms with E-state index in [1.165, 1.54) is 35.4 Å². The number of dihydropyridines is 1.